The number of aryl methyl sites for hydroxylation is 1. The molecule has 0 bridgehead atoms. The quantitative estimate of drug-likeness (QED) is 0.710. The van der Waals surface area contributed by atoms with Crippen molar-refractivity contribution in [1.82, 2.24) is 0 Å². The molecule has 0 aliphatic carbocycles. The Hall–Kier alpha value is -0.540. The Kier molecular flexibility index (Phi) is 6.72. The van der Waals surface area contributed by atoms with E-state index in [2.05, 4.69) is 69.1 Å². The first-order chi connectivity index (χ1) is 8.63. The molecule has 0 radical (unpaired) electrons. The van der Waals surface area contributed by atoms with E-state index in [9.17, 15) is 0 Å². The normalized spacial score (nSPS) is 11.7. The lowest BCUT2D eigenvalue weighted by molar-refractivity contribution is 0.744. The van der Waals surface area contributed by atoms with Gasteiger partial charge in [-0.2, -0.15) is 12.6 Å². The van der Waals surface area contributed by atoms with Crippen molar-refractivity contribution in [3.05, 3.63) is 34.7 Å². The van der Waals surface area contributed by atoms with Crippen LogP contribution in [0, 0.1) is 6.92 Å². The summed E-state index contributed by atoms with van der Waals surface area (Å²) in [7, 11) is 0. The Morgan fingerprint density at radius 1 is 1.22 bits per heavy atom. The van der Waals surface area contributed by atoms with Gasteiger partial charge >= 0.3 is 0 Å². The molecule has 1 rings (SSSR count). The van der Waals surface area contributed by atoms with E-state index in [1.807, 2.05) is 0 Å². The zero-order valence-electron chi connectivity index (χ0n) is 11.5. The molecule has 0 N–H and O–H groups in total. The minimum absolute atomic E-state index is 0.925. The maximum absolute atomic E-state index is 4.53. The standard InChI is InChI=1S/C15H23NS2/c1-4-8-16(9-5-2)14-7-6-12(3)10-13(14)15(18)11-17/h6-7,10-11,17-18H,4-5,8-9H2,1-3H3/b15-11-. The highest BCUT2D eigenvalue weighted by Crippen LogP contribution is 2.31. The van der Waals surface area contributed by atoms with E-state index in [0.29, 0.717) is 0 Å². The third kappa shape index (κ3) is 3.99. The average Bonchev–Trinajstić information content (AvgIpc) is 2.37. The number of nitrogens with zero attached hydrogens (tertiary/aromatic N) is 1. The number of thiol groups is 2. The summed E-state index contributed by atoms with van der Waals surface area (Å²) in [6.45, 7) is 8.70. The number of benzene rings is 1. The Balaban J connectivity index is 3.19. The van der Waals surface area contributed by atoms with Gasteiger partial charge in [0, 0.05) is 29.2 Å². The molecule has 0 heterocycles. The first-order valence-corrected chi connectivity index (χ1v) is 7.49. The third-order valence-electron chi connectivity index (χ3n) is 2.88. The second-order valence-corrected chi connectivity index (χ2v) is 5.26. The predicted octanol–water partition coefficient (Wildman–Crippen LogP) is 4.78. The second-order valence-electron chi connectivity index (χ2n) is 4.52. The van der Waals surface area contributed by atoms with E-state index in [1.165, 1.54) is 16.8 Å². The van der Waals surface area contributed by atoms with Crippen molar-refractivity contribution < 1.29 is 0 Å². The SMILES string of the molecule is CCCN(CCC)c1ccc(C)cc1/C(S)=C/S. The van der Waals surface area contributed by atoms with Crippen molar-refractivity contribution in [2.45, 2.75) is 33.6 Å². The van der Waals surface area contributed by atoms with Crippen LogP contribution < -0.4 is 4.90 Å². The van der Waals surface area contributed by atoms with Gasteiger partial charge in [0.2, 0.25) is 0 Å². The topological polar surface area (TPSA) is 3.24 Å². The molecule has 0 aliphatic rings. The fraction of sp³-hybridized carbons (Fsp3) is 0.467. The van der Waals surface area contributed by atoms with Gasteiger partial charge in [-0.25, -0.2) is 0 Å². The minimum atomic E-state index is 0.925. The first kappa shape index (κ1) is 15.5. The van der Waals surface area contributed by atoms with E-state index in [-0.39, 0.29) is 0 Å². The molecule has 18 heavy (non-hydrogen) atoms. The summed E-state index contributed by atoms with van der Waals surface area (Å²) in [4.78, 5) is 3.36. The lowest BCUT2D eigenvalue weighted by atomic mass is 10.1. The Morgan fingerprint density at radius 3 is 2.33 bits per heavy atom. The van der Waals surface area contributed by atoms with Crippen LogP contribution in [0.5, 0.6) is 0 Å². The molecule has 100 valence electrons. The lowest BCUT2D eigenvalue weighted by Crippen LogP contribution is -2.25. The summed E-state index contributed by atoms with van der Waals surface area (Å²) in [6.07, 6.45) is 2.31. The summed E-state index contributed by atoms with van der Waals surface area (Å²) in [5, 5.41) is 1.76. The summed E-state index contributed by atoms with van der Waals surface area (Å²) >= 11 is 8.75. The van der Waals surface area contributed by atoms with Crippen LogP contribution in [0.15, 0.2) is 23.6 Å². The van der Waals surface area contributed by atoms with Crippen LogP contribution in [0.25, 0.3) is 4.91 Å². The van der Waals surface area contributed by atoms with Crippen molar-refractivity contribution in [3.63, 3.8) is 0 Å². The van der Waals surface area contributed by atoms with Crippen molar-refractivity contribution >= 4 is 35.9 Å². The molecular formula is C15H23NS2. The molecule has 0 saturated carbocycles. The Bertz CT molecular complexity index is 407. The van der Waals surface area contributed by atoms with Crippen molar-refractivity contribution in [2.75, 3.05) is 18.0 Å². The molecular weight excluding hydrogens is 258 g/mol. The van der Waals surface area contributed by atoms with Crippen molar-refractivity contribution in [3.8, 4) is 0 Å². The average molecular weight is 281 g/mol. The molecule has 0 aliphatic heterocycles. The molecule has 3 heteroatoms. The monoisotopic (exact) mass is 281 g/mol. The molecule has 1 nitrogen and oxygen atoms in total. The van der Waals surface area contributed by atoms with Gasteiger partial charge in [-0.15, -0.1) is 12.6 Å². The van der Waals surface area contributed by atoms with Crippen LogP contribution in [0.1, 0.15) is 37.8 Å². The van der Waals surface area contributed by atoms with Gasteiger partial charge in [0.15, 0.2) is 0 Å². The summed E-state index contributed by atoms with van der Waals surface area (Å²) in [5.41, 5.74) is 3.69. The van der Waals surface area contributed by atoms with Crippen LogP contribution in [0.2, 0.25) is 0 Å². The number of rotatable bonds is 6. The highest BCUT2D eigenvalue weighted by Gasteiger charge is 2.11. The maximum Gasteiger partial charge on any atom is 0.0451 e. The van der Waals surface area contributed by atoms with E-state index in [1.54, 1.807) is 5.41 Å². The van der Waals surface area contributed by atoms with Gasteiger partial charge < -0.3 is 4.90 Å². The predicted molar refractivity (Wildman–Crippen MR) is 89.9 cm³/mol. The molecule has 1 aromatic rings. The van der Waals surface area contributed by atoms with E-state index in [0.717, 1.165) is 30.8 Å². The number of anilines is 1. The minimum Gasteiger partial charge on any atom is -0.371 e. The van der Waals surface area contributed by atoms with E-state index < -0.39 is 0 Å². The van der Waals surface area contributed by atoms with Crippen LogP contribution in [-0.2, 0) is 0 Å². The van der Waals surface area contributed by atoms with E-state index >= 15 is 0 Å². The van der Waals surface area contributed by atoms with Crippen molar-refractivity contribution in [1.29, 1.82) is 0 Å². The van der Waals surface area contributed by atoms with Crippen LogP contribution in [-0.4, -0.2) is 13.1 Å². The van der Waals surface area contributed by atoms with Gasteiger partial charge in [0.1, 0.15) is 0 Å². The molecule has 1 aromatic carbocycles. The lowest BCUT2D eigenvalue weighted by Gasteiger charge is -2.26. The van der Waals surface area contributed by atoms with Gasteiger partial charge in [0.05, 0.1) is 0 Å². The second kappa shape index (κ2) is 7.80. The van der Waals surface area contributed by atoms with Crippen LogP contribution >= 0.6 is 25.3 Å². The van der Waals surface area contributed by atoms with Gasteiger partial charge in [0.25, 0.3) is 0 Å². The largest absolute Gasteiger partial charge is 0.371 e. The molecule has 0 saturated heterocycles. The van der Waals surface area contributed by atoms with Gasteiger partial charge in [-0.1, -0.05) is 25.5 Å². The van der Waals surface area contributed by atoms with Crippen molar-refractivity contribution in [2.24, 2.45) is 0 Å². The molecule has 0 unspecified atom stereocenters. The van der Waals surface area contributed by atoms with Crippen LogP contribution in [0.3, 0.4) is 0 Å². The smallest absolute Gasteiger partial charge is 0.0451 e. The summed E-state index contributed by atoms with van der Waals surface area (Å²) in [5.74, 6) is 0. The molecule has 0 fully saturated rings. The van der Waals surface area contributed by atoms with E-state index in [4.69, 9.17) is 0 Å². The number of hydrogen-bond donors (Lipinski definition) is 2. The molecule has 0 atom stereocenters. The first-order valence-electron chi connectivity index (χ1n) is 6.53. The Labute approximate surface area is 122 Å². The number of hydrogen-bond acceptors (Lipinski definition) is 3. The fourth-order valence-corrected chi connectivity index (χ4v) is 2.41. The molecule has 0 spiro atoms. The third-order valence-corrected chi connectivity index (χ3v) is 3.71. The Morgan fingerprint density at radius 2 is 1.83 bits per heavy atom. The highest BCUT2D eigenvalue weighted by molar-refractivity contribution is 7.92. The maximum atomic E-state index is 4.53. The van der Waals surface area contributed by atoms with Crippen LogP contribution in [0.4, 0.5) is 5.69 Å². The molecule has 0 aromatic heterocycles. The zero-order chi connectivity index (χ0) is 13.5. The molecule has 0 amide bonds. The summed E-state index contributed by atoms with van der Waals surface area (Å²) in [6, 6.07) is 6.54. The fourth-order valence-electron chi connectivity index (χ4n) is 2.09. The summed E-state index contributed by atoms with van der Waals surface area (Å²) < 4.78 is 0. The zero-order valence-corrected chi connectivity index (χ0v) is 13.3. The van der Waals surface area contributed by atoms with Gasteiger partial charge in [-0.3, -0.25) is 0 Å². The van der Waals surface area contributed by atoms with Gasteiger partial charge in [-0.05, 0) is 37.3 Å². The highest BCUT2D eigenvalue weighted by atomic mass is 32.1.